The Morgan fingerprint density at radius 3 is 2.54 bits per heavy atom. The molecule has 0 aliphatic heterocycles. The van der Waals surface area contributed by atoms with E-state index in [-0.39, 0.29) is 35.9 Å². The van der Waals surface area contributed by atoms with Gasteiger partial charge in [0.1, 0.15) is 6.54 Å². The van der Waals surface area contributed by atoms with E-state index in [1.165, 1.54) is 18.6 Å². The highest BCUT2D eigenvalue weighted by Gasteiger charge is 2.37. The van der Waals surface area contributed by atoms with Crippen molar-refractivity contribution in [2.24, 2.45) is 0 Å². The zero-order valence-electron chi connectivity index (χ0n) is 15.4. The SMILES string of the molecule is O=C(Cn1c(C(F)(F)F)nc2ccccc21)NCCC(=O)NC1CCCCC1. The highest BCUT2D eigenvalue weighted by Crippen LogP contribution is 2.31. The minimum absolute atomic E-state index is 0.0748. The first kappa shape index (κ1) is 20.2. The number of fused-ring (bicyclic) bond motifs is 1. The van der Waals surface area contributed by atoms with Crippen LogP contribution >= 0.6 is 0 Å². The second-order valence-corrected chi connectivity index (χ2v) is 7.01. The number of alkyl halides is 3. The average molecular weight is 396 g/mol. The average Bonchev–Trinajstić information content (AvgIpc) is 3.01. The second kappa shape index (κ2) is 8.62. The number of amides is 2. The molecule has 28 heavy (non-hydrogen) atoms. The zero-order valence-corrected chi connectivity index (χ0v) is 15.4. The maximum Gasteiger partial charge on any atom is 0.449 e. The number of carbonyl (C=O) groups excluding carboxylic acids is 2. The molecule has 1 aromatic heterocycles. The number of halogens is 3. The van der Waals surface area contributed by atoms with E-state index in [4.69, 9.17) is 0 Å². The summed E-state index contributed by atoms with van der Waals surface area (Å²) >= 11 is 0. The quantitative estimate of drug-likeness (QED) is 0.788. The van der Waals surface area contributed by atoms with Gasteiger partial charge in [0, 0.05) is 19.0 Å². The van der Waals surface area contributed by atoms with Crippen molar-refractivity contribution in [2.75, 3.05) is 6.54 Å². The predicted octanol–water partition coefficient (Wildman–Crippen LogP) is 3.01. The highest BCUT2D eigenvalue weighted by atomic mass is 19.4. The van der Waals surface area contributed by atoms with Gasteiger partial charge in [-0.05, 0) is 25.0 Å². The van der Waals surface area contributed by atoms with Gasteiger partial charge in [-0.1, -0.05) is 31.4 Å². The Morgan fingerprint density at radius 2 is 1.82 bits per heavy atom. The van der Waals surface area contributed by atoms with Crippen LogP contribution in [-0.2, 0) is 22.3 Å². The van der Waals surface area contributed by atoms with Crippen molar-refractivity contribution < 1.29 is 22.8 Å². The maximum absolute atomic E-state index is 13.2. The largest absolute Gasteiger partial charge is 0.449 e. The fraction of sp³-hybridized carbons (Fsp3) is 0.526. The first-order chi connectivity index (χ1) is 13.3. The molecule has 1 aromatic carbocycles. The van der Waals surface area contributed by atoms with Crippen molar-refractivity contribution in [2.45, 2.75) is 57.3 Å². The van der Waals surface area contributed by atoms with Crippen LogP contribution in [0.2, 0.25) is 0 Å². The van der Waals surface area contributed by atoms with Gasteiger partial charge in [-0.15, -0.1) is 0 Å². The molecule has 152 valence electrons. The molecule has 0 unspecified atom stereocenters. The summed E-state index contributed by atoms with van der Waals surface area (Å²) in [5.74, 6) is -1.87. The Bertz CT molecular complexity index is 841. The zero-order chi connectivity index (χ0) is 20.1. The van der Waals surface area contributed by atoms with E-state index in [9.17, 15) is 22.8 Å². The van der Waals surface area contributed by atoms with E-state index in [1.54, 1.807) is 12.1 Å². The topological polar surface area (TPSA) is 76.0 Å². The van der Waals surface area contributed by atoms with Gasteiger partial charge in [0.25, 0.3) is 0 Å². The molecule has 1 aliphatic carbocycles. The fourth-order valence-electron chi connectivity index (χ4n) is 3.51. The van der Waals surface area contributed by atoms with Crippen molar-refractivity contribution in [3.05, 3.63) is 30.1 Å². The minimum Gasteiger partial charge on any atom is -0.354 e. The van der Waals surface area contributed by atoms with Gasteiger partial charge in [-0.3, -0.25) is 9.59 Å². The van der Waals surface area contributed by atoms with Crippen molar-refractivity contribution in [3.63, 3.8) is 0 Å². The third-order valence-electron chi connectivity index (χ3n) is 4.85. The molecule has 6 nitrogen and oxygen atoms in total. The third-order valence-corrected chi connectivity index (χ3v) is 4.85. The van der Waals surface area contributed by atoms with Crippen LogP contribution in [0.3, 0.4) is 0 Å². The van der Waals surface area contributed by atoms with E-state index in [0.717, 1.165) is 30.3 Å². The molecule has 0 atom stereocenters. The number of para-hydroxylation sites is 2. The first-order valence-electron chi connectivity index (χ1n) is 9.43. The van der Waals surface area contributed by atoms with Crippen LogP contribution < -0.4 is 10.6 Å². The summed E-state index contributed by atoms with van der Waals surface area (Å²) < 4.78 is 40.6. The van der Waals surface area contributed by atoms with E-state index in [0.29, 0.717) is 0 Å². The Balaban J connectivity index is 1.55. The van der Waals surface area contributed by atoms with Crippen molar-refractivity contribution in [3.8, 4) is 0 Å². The lowest BCUT2D eigenvalue weighted by molar-refractivity contribution is -0.147. The number of nitrogens with one attached hydrogen (secondary N) is 2. The fourth-order valence-corrected chi connectivity index (χ4v) is 3.51. The summed E-state index contributed by atoms with van der Waals surface area (Å²) in [7, 11) is 0. The smallest absolute Gasteiger partial charge is 0.354 e. The number of nitrogens with zero attached hydrogens (tertiary/aromatic N) is 2. The van der Waals surface area contributed by atoms with Gasteiger partial charge >= 0.3 is 6.18 Å². The Hall–Kier alpha value is -2.58. The minimum atomic E-state index is -4.67. The molecule has 9 heteroatoms. The number of hydrogen-bond donors (Lipinski definition) is 2. The summed E-state index contributed by atoms with van der Waals surface area (Å²) in [6, 6.07) is 6.32. The molecular formula is C19H23F3N4O2. The van der Waals surface area contributed by atoms with Crippen LogP contribution in [0.1, 0.15) is 44.3 Å². The molecule has 0 bridgehead atoms. The second-order valence-electron chi connectivity index (χ2n) is 7.01. The molecule has 2 aromatic rings. The molecule has 3 rings (SSSR count). The molecular weight excluding hydrogens is 373 g/mol. The van der Waals surface area contributed by atoms with Crippen LogP contribution in [0, 0.1) is 0 Å². The summed E-state index contributed by atoms with van der Waals surface area (Å²) in [6.45, 7) is -0.440. The summed E-state index contributed by atoms with van der Waals surface area (Å²) in [5, 5.41) is 5.45. The van der Waals surface area contributed by atoms with Crippen LogP contribution in [0.4, 0.5) is 13.2 Å². The number of hydrogen-bond acceptors (Lipinski definition) is 3. The predicted molar refractivity (Wildman–Crippen MR) is 97.4 cm³/mol. The molecule has 2 N–H and O–H groups in total. The number of rotatable bonds is 6. The maximum atomic E-state index is 13.2. The number of carbonyl (C=O) groups is 2. The van der Waals surface area contributed by atoms with Crippen molar-refractivity contribution in [1.82, 2.24) is 20.2 Å². The Morgan fingerprint density at radius 1 is 1.11 bits per heavy atom. The molecule has 1 fully saturated rings. The molecule has 0 saturated heterocycles. The van der Waals surface area contributed by atoms with Crippen molar-refractivity contribution >= 4 is 22.8 Å². The highest BCUT2D eigenvalue weighted by molar-refractivity contribution is 5.82. The van der Waals surface area contributed by atoms with Gasteiger partial charge in [0.15, 0.2) is 0 Å². The lowest BCUT2D eigenvalue weighted by Gasteiger charge is -2.22. The normalized spacial score (nSPS) is 15.5. The van der Waals surface area contributed by atoms with E-state index in [2.05, 4.69) is 15.6 Å². The molecule has 1 heterocycles. The van der Waals surface area contributed by atoms with Crippen LogP contribution in [-0.4, -0.2) is 34.0 Å². The monoisotopic (exact) mass is 396 g/mol. The lowest BCUT2D eigenvalue weighted by atomic mass is 9.95. The van der Waals surface area contributed by atoms with Gasteiger partial charge in [-0.25, -0.2) is 4.98 Å². The standard InChI is InChI=1S/C19H23F3N4O2/c20-19(21,22)18-25-14-8-4-5-9-15(14)26(18)12-17(28)23-11-10-16(27)24-13-6-2-1-3-7-13/h4-5,8-9,13H,1-3,6-7,10-12H2,(H,23,28)(H,24,27). The first-order valence-corrected chi connectivity index (χ1v) is 9.43. The molecule has 0 radical (unpaired) electrons. The van der Waals surface area contributed by atoms with Gasteiger partial charge in [-0.2, -0.15) is 13.2 Å². The molecule has 0 spiro atoms. The van der Waals surface area contributed by atoms with Gasteiger partial charge in [0.05, 0.1) is 11.0 Å². The van der Waals surface area contributed by atoms with E-state index >= 15 is 0 Å². The van der Waals surface area contributed by atoms with Gasteiger partial charge in [0.2, 0.25) is 17.6 Å². The Kier molecular flexibility index (Phi) is 6.21. The molecule has 1 saturated carbocycles. The molecule has 1 aliphatic rings. The van der Waals surface area contributed by atoms with Crippen LogP contribution in [0.25, 0.3) is 11.0 Å². The molecule has 2 amide bonds. The Labute approximate surface area is 160 Å². The third kappa shape index (κ3) is 5.02. The number of imidazole rings is 1. The van der Waals surface area contributed by atoms with E-state index < -0.39 is 24.5 Å². The van der Waals surface area contributed by atoms with Crippen LogP contribution in [0.5, 0.6) is 0 Å². The number of benzene rings is 1. The summed E-state index contributed by atoms with van der Waals surface area (Å²) in [4.78, 5) is 27.7. The summed E-state index contributed by atoms with van der Waals surface area (Å²) in [6.07, 6.45) is 0.742. The number of aromatic nitrogens is 2. The lowest BCUT2D eigenvalue weighted by Crippen LogP contribution is -2.38. The van der Waals surface area contributed by atoms with E-state index in [1.807, 2.05) is 0 Å². The summed E-state index contributed by atoms with van der Waals surface area (Å²) in [5.41, 5.74) is 0.412. The van der Waals surface area contributed by atoms with Gasteiger partial charge < -0.3 is 15.2 Å². The van der Waals surface area contributed by atoms with Crippen LogP contribution in [0.15, 0.2) is 24.3 Å². The van der Waals surface area contributed by atoms with Crippen molar-refractivity contribution in [1.29, 1.82) is 0 Å².